The van der Waals surface area contributed by atoms with Crippen LogP contribution in [0.1, 0.15) is 40.5 Å². The van der Waals surface area contributed by atoms with Crippen molar-refractivity contribution in [2.75, 3.05) is 13.2 Å². The summed E-state index contributed by atoms with van der Waals surface area (Å²) in [5.41, 5.74) is 0.240. The van der Waals surface area contributed by atoms with Gasteiger partial charge in [-0.25, -0.2) is 0 Å². The van der Waals surface area contributed by atoms with Gasteiger partial charge in [0.05, 0.1) is 13.2 Å². The van der Waals surface area contributed by atoms with Crippen LogP contribution in [-0.2, 0) is 9.47 Å². The molecule has 1 saturated heterocycles. The lowest BCUT2D eigenvalue weighted by atomic mass is 9.86. The zero-order valence-corrected chi connectivity index (χ0v) is 8.64. The van der Waals surface area contributed by atoms with Crippen LogP contribution in [0.3, 0.4) is 0 Å². The Hall–Kier alpha value is -0.0800. The third-order valence-electron chi connectivity index (χ3n) is 2.39. The van der Waals surface area contributed by atoms with Gasteiger partial charge in [0.1, 0.15) is 0 Å². The molecule has 0 N–H and O–H groups in total. The van der Waals surface area contributed by atoms with Crippen molar-refractivity contribution in [3.8, 4) is 0 Å². The van der Waals surface area contributed by atoms with E-state index in [9.17, 15) is 0 Å². The Morgan fingerprint density at radius 1 is 1.08 bits per heavy atom. The monoisotopic (exact) mass is 172 g/mol. The van der Waals surface area contributed by atoms with Crippen LogP contribution in [0, 0.1) is 5.41 Å². The Kier molecular flexibility index (Phi) is 2.79. The smallest absolute Gasteiger partial charge is 0.162 e. The Labute approximate surface area is 75.2 Å². The van der Waals surface area contributed by atoms with Gasteiger partial charge in [-0.05, 0) is 20.3 Å². The fourth-order valence-corrected chi connectivity index (χ4v) is 1.53. The van der Waals surface area contributed by atoms with Gasteiger partial charge in [0.15, 0.2) is 5.79 Å². The molecular weight excluding hydrogens is 152 g/mol. The minimum absolute atomic E-state index is 0.240. The van der Waals surface area contributed by atoms with Crippen LogP contribution in [0.25, 0.3) is 0 Å². The zero-order chi connectivity index (χ0) is 9.24. The molecule has 0 aromatic rings. The predicted octanol–water partition coefficient (Wildman–Crippen LogP) is 2.58. The molecule has 0 aliphatic carbocycles. The van der Waals surface area contributed by atoms with Crippen molar-refractivity contribution >= 4 is 0 Å². The highest BCUT2D eigenvalue weighted by Crippen LogP contribution is 2.32. The molecule has 0 saturated carbocycles. The maximum Gasteiger partial charge on any atom is 0.162 e. The van der Waals surface area contributed by atoms with E-state index in [1.54, 1.807) is 0 Å². The molecule has 1 heterocycles. The molecule has 0 aromatic heterocycles. The third-order valence-corrected chi connectivity index (χ3v) is 2.39. The standard InChI is InChI=1S/C10H20O2/c1-5-6-10(4)7-11-9(2,3)12-8-10/h5-8H2,1-4H3. The molecule has 2 nitrogen and oxygen atoms in total. The first kappa shape index (κ1) is 10.0. The molecule has 12 heavy (non-hydrogen) atoms. The molecule has 2 heteroatoms. The lowest BCUT2D eigenvalue weighted by Crippen LogP contribution is -2.44. The highest BCUT2D eigenvalue weighted by Gasteiger charge is 2.35. The molecule has 0 amide bonds. The van der Waals surface area contributed by atoms with E-state index in [-0.39, 0.29) is 11.2 Å². The summed E-state index contributed by atoms with van der Waals surface area (Å²) in [7, 11) is 0. The van der Waals surface area contributed by atoms with Gasteiger partial charge in [0.25, 0.3) is 0 Å². The first-order valence-corrected chi connectivity index (χ1v) is 4.75. The maximum atomic E-state index is 5.61. The molecule has 0 spiro atoms. The van der Waals surface area contributed by atoms with Gasteiger partial charge in [-0.3, -0.25) is 0 Å². The van der Waals surface area contributed by atoms with E-state index in [1.165, 1.54) is 12.8 Å². The largest absolute Gasteiger partial charge is 0.350 e. The summed E-state index contributed by atoms with van der Waals surface area (Å²) in [6.07, 6.45) is 2.38. The van der Waals surface area contributed by atoms with Crippen molar-refractivity contribution in [3.63, 3.8) is 0 Å². The van der Waals surface area contributed by atoms with E-state index in [1.807, 2.05) is 13.8 Å². The summed E-state index contributed by atoms with van der Waals surface area (Å²) in [4.78, 5) is 0. The summed E-state index contributed by atoms with van der Waals surface area (Å²) in [6, 6.07) is 0. The van der Waals surface area contributed by atoms with E-state index in [4.69, 9.17) is 9.47 Å². The van der Waals surface area contributed by atoms with Crippen molar-refractivity contribution < 1.29 is 9.47 Å². The van der Waals surface area contributed by atoms with E-state index in [0.717, 1.165) is 13.2 Å². The van der Waals surface area contributed by atoms with Crippen LogP contribution < -0.4 is 0 Å². The van der Waals surface area contributed by atoms with Crippen LogP contribution in [0.4, 0.5) is 0 Å². The van der Waals surface area contributed by atoms with Gasteiger partial charge in [-0.2, -0.15) is 0 Å². The van der Waals surface area contributed by atoms with Gasteiger partial charge < -0.3 is 9.47 Å². The first-order chi connectivity index (χ1) is 5.47. The predicted molar refractivity (Wildman–Crippen MR) is 49.0 cm³/mol. The van der Waals surface area contributed by atoms with Gasteiger partial charge in [0.2, 0.25) is 0 Å². The minimum atomic E-state index is -0.368. The third kappa shape index (κ3) is 2.46. The molecular formula is C10H20O2. The molecule has 1 rings (SSSR count). The van der Waals surface area contributed by atoms with Crippen molar-refractivity contribution in [2.45, 2.75) is 46.3 Å². The van der Waals surface area contributed by atoms with E-state index < -0.39 is 0 Å². The SMILES string of the molecule is CCCC1(C)COC(C)(C)OC1. The Balaban J connectivity index is 2.44. The normalized spacial score (nSPS) is 27.0. The summed E-state index contributed by atoms with van der Waals surface area (Å²) in [5, 5.41) is 0. The fourth-order valence-electron chi connectivity index (χ4n) is 1.53. The zero-order valence-electron chi connectivity index (χ0n) is 8.64. The maximum absolute atomic E-state index is 5.61. The fraction of sp³-hybridized carbons (Fsp3) is 1.00. The number of hydrogen-bond donors (Lipinski definition) is 0. The first-order valence-electron chi connectivity index (χ1n) is 4.75. The second-order valence-electron chi connectivity index (χ2n) is 4.54. The number of ether oxygens (including phenoxy) is 2. The second-order valence-corrected chi connectivity index (χ2v) is 4.54. The average molecular weight is 172 g/mol. The minimum Gasteiger partial charge on any atom is -0.350 e. The molecule has 0 aromatic carbocycles. The Morgan fingerprint density at radius 3 is 2.00 bits per heavy atom. The highest BCUT2D eigenvalue weighted by molar-refractivity contribution is 4.78. The van der Waals surface area contributed by atoms with E-state index in [2.05, 4.69) is 13.8 Å². The van der Waals surface area contributed by atoms with Gasteiger partial charge in [-0.15, -0.1) is 0 Å². The van der Waals surface area contributed by atoms with Gasteiger partial charge in [0, 0.05) is 5.41 Å². The van der Waals surface area contributed by atoms with Crippen LogP contribution in [0.5, 0.6) is 0 Å². The molecule has 0 radical (unpaired) electrons. The van der Waals surface area contributed by atoms with Crippen molar-refractivity contribution in [2.24, 2.45) is 5.41 Å². The molecule has 0 atom stereocenters. The van der Waals surface area contributed by atoms with Crippen molar-refractivity contribution in [1.82, 2.24) is 0 Å². The van der Waals surface area contributed by atoms with Crippen molar-refractivity contribution in [1.29, 1.82) is 0 Å². The van der Waals surface area contributed by atoms with E-state index >= 15 is 0 Å². The molecule has 0 unspecified atom stereocenters. The van der Waals surface area contributed by atoms with E-state index in [0.29, 0.717) is 0 Å². The molecule has 0 bridgehead atoms. The molecule has 72 valence electrons. The quantitative estimate of drug-likeness (QED) is 0.637. The van der Waals surface area contributed by atoms with Crippen molar-refractivity contribution in [3.05, 3.63) is 0 Å². The molecule has 1 fully saturated rings. The lowest BCUT2D eigenvalue weighted by molar-refractivity contribution is -0.283. The number of hydrogen-bond acceptors (Lipinski definition) is 2. The van der Waals surface area contributed by atoms with Crippen LogP contribution in [0.15, 0.2) is 0 Å². The lowest BCUT2D eigenvalue weighted by Gasteiger charge is -2.41. The Bertz CT molecular complexity index is 142. The van der Waals surface area contributed by atoms with Crippen LogP contribution in [0.2, 0.25) is 0 Å². The van der Waals surface area contributed by atoms with Crippen LogP contribution in [-0.4, -0.2) is 19.0 Å². The number of rotatable bonds is 2. The molecule has 1 aliphatic rings. The highest BCUT2D eigenvalue weighted by atomic mass is 16.7. The Morgan fingerprint density at radius 2 is 1.58 bits per heavy atom. The summed E-state index contributed by atoms with van der Waals surface area (Å²) >= 11 is 0. The summed E-state index contributed by atoms with van der Waals surface area (Å²) in [5.74, 6) is -0.368. The molecule has 1 aliphatic heterocycles. The van der Waals surface area contributed by atoms with Crippen LogP contribution >= 0.6 is 0 Å². The summed E-state index contributed by atoms with van der Waals surface area (Å²) < 4.78 is 11.2. The van der Waals surface area contributed by atoms with Gasteiger partial charge >= 0.3 is 0 Å². The van der Waals surface area contributed by atoms with Gasteiger partial charge in [-0.1, -0.05) is 20.3 Å². The topological polar surface area (TPSA) is 18.5 Å². The second kappa shape index (κ2) is 3.35. The average Bonchev–Trinajstić information content (AvgIpc) is 1.98. The summed E-state index contributed by atoms with van der Waals surface area (Å²) in [6.45, 7) is 10.0.